The lowest BCUT2D eigenvalue weighted by Gasteiger charge is -2.16. The third-order valence-electron chi connectivity index (χ3n) is 2.41. The van der Waals surface area contributed by atoms with Crippen molar-refractivity contribution in [2.75, 3.05) is 12.8 Å². The van der Waals surface area contributed by atoms with Gasteiger partial charge in [-0.05, 0) is 25.1 Å². The average molecular weight is 256 g/mol. The molecule has 0 unspecified atom stereocenters. The van der Waals surface area contributed by atoms with Gasteiger partial charge in [0.15, 0.2) is 0 Å². The molecule has 0 heterocycles. The number of benzene rings is 1. The van der Waals surface area contributed by atoms with Gasteiger partial charge >= 0.3 is 0 Å². The van der Waals surface area contributed by atoms with Crippen LogP contribution >= 0.6 is 0 Å². The smallest absolute Gasteiger partial charge is 0.212 e. The molecule has 92 valence electrons. The maximum atomic E-state index is 13.4. The van der Waals surface area contributed by atoms with E-state index in [0.29, 0.717) is 5.56 Å². The minimum atomic E-state index is -3.35. The molecule has 0 aromatic heterocycles. The Morgan fingerprint density at radius 2 is 2.12 bits per heavy atom. The fourth-order valence-electron chi connectivity index (χ4n) is 1.32. The van der Waals surface area contributed by atoms with Crippen LogP contribution in [0.25, 0.3) is 0 Å². The molecule has 0 atom stereocenters. The lowest BCUT2D eigenvalue weighted by molar-refractivity contribution is 0.457. The van der Waals surface area contributed by atoms with Crippen LogP contribution in [0.15, 0.2) is 18.2 Å². The first kappa shape index (κ1) is 13.6. The van der Waals surface area contributed by atoms with Crippen molar-refractivity contribution in [2.45, 2.75) is 13.5 Å². The van der Waals surface area contributed by atoms with E-state index in [1.54, 1.807) is 0 Å². The van der Waals surface area contributed by atoms with Crippen molar-refractivity contribution in [3.63, 3.8) is 0 Å². The molecule has 0 aliphatic carbocycles. The van der Waals surface area contributed by atoms with E-state index in [1.165, 1.54) is 32.2 Å². The molecule has 6 heteroatoms. The third kappa shape index (κ3) is 3.25. The fraction of sp³-hybridized carbons (Fsp3) is 0.364. The zero-order valence-electron chi connectivity index (χ0n) is 9.64. The molecular weight excluding hydrogens is 243 g/mol. The molecule has 0 bridgehead atoms. The van der Waals surface area contributed by atoms with Crippen molar-refractivity contribution in [2.24, 2.45) is 0 Å². The number of hydrogen-bond donors (Lipinski definition) is 0. The zero-order chi connectivity index (χ0) is 13.1. The van der Waals surface area contributed by atoms with E-state index in [4.69, 9.17) is 5.26 Å². The lowest BCUT2D eigenvalue weighted by atomic mass is 10.1. The van der Waals surface area contributed by atoms with E-state index in [0.717, 1.165) is 4.31 Å². The second kappa shape index (κ2) is 5.25. The Morgan fingerprint density at radius 3 is 2.65 bits per heavy atom. The molecule has 0 N–H and O–H groups in total. The molecule has 0 aliphatic heterocycles. The highest BCUT2D eigenvalue weighted by molar-refractivity contribution is 7.89. The number of nitrogens with zero attached hydrogens (tertiary/aromatic N) is 2. The molecule has 0 spiro atoms. The highest BCUT2D eigenvalue weighted by Crippen LogP contribution is 2.14. The minimum Gasteiger partial charge on any atom is -0.212 e. The number of nitriles is 1. The summed E-state index contributed by atoms with van der Waals surface area (Å²) in [5.41, 5.74) is 0.507. The second-order valence-corrected chi connectivity index (χ2v) is 5.94. The zero-order valence-corrected chi connectivity index (χ0v) is 10.5. The van der Waals surface area contributed by atoms with Crippen LogP contribution in [0.3, 0.4) is 0 Å². The largest absolute Gasteiger partial charge is 0.213 e. The Hall–Kier alpha value is -1.45. The van der Waals surface area contributed by atoms with Gasteiger partial charge in [-0.1, -0.05) is 0 Å². The first-order valence-electron chi connectivity index (χ1n) is 5.03. The van der Waals surface area contributed by atoms with E-state index in [9.17, 15) is 12.8 Å². The molecule has 0 radical (unpaired) electrons. The molecule has 1 rings (SSSR count). The summed E-state index contributed by atoms with van der Waals surface area (Å²) < 4.78 is 37.5. The van der Waals surface area contributed by atoms with Gasteiger partial charge in [-0.15, -0.1) is 0 Å². The van der Waals surface area contributed by atoms with Crippen molar-refractivity contribution in [1.29, 1.82) is 5.26 Å². The van der Waals surface area contributed by atoms with Gasteiger partial charge in [0.05, 0.1) is 17.4 Å². The molecule has 4 nitrogen and oxygen atoms in total. The van der Waals surface area contributed by atoms with Crippen molar-refractivity contribution >= 4 is 10.0 Å². The van der Waals surface area contributed by atoms with Gasteiger partial charge < -0.3 is 0 Å². The summed E-state index contributed by atoms with van der Waals surface area (Å²) in [7, 11) is -1.96. The van der Waals surface area contributed by atoms with Gasteiger partial charge in [-0.3, -0.25) is 0 Å². The molecule has 0 amide bonds. The van der Waals surface area contributed by atoms with Crippen LogP contribution in [0.2, 0.25) is 0 Å². The van der Waals surface area contributed by atoms with Crippen molar-refractivity contribution in [3.05, 3.63) is 35.1 Å². The van der Waals surface area contributed by atoms with Crippen molar-refractivity contribution in [1.82, 2.24) is 4.31 Å². The SMILES string of the molecule is CCS(=O)(=O)N(C)Cc1cc(C#N)ccc1F. The topological polar surface area (TPSA) is 61.2 Å². The van der Waals surface area contributed by atoms with Gasteiger partial charge in [0.2, 0.25) is 10.0 Å². The first-order valence-corrected chi connectivity index (χ1v) is 6.64. The van der Waals surface area contributed by atoms with Crippen LogP contribution in [0, 0.1) is 17.1 Å². The van der Waals surface area contributed by atoms with Gasteiger partial charge in [-0.2, -0.15) is 5.26 Å². The van der Waals surface area contributed by atoms with Crippen molar-refractivity contribution in [3.8, 4) is 6.07 Å². The van der Waals surface area contributed by atoms with Gasteiger partial charge in [-0.25, -0.2) is 17.1 Å². The molecule has 1 aromatic carbocycles. The van der Waals surface area contributed by atoms with E-state index in [2.05, 4.69) is 0 Å². The van der Waals surface area contributed by atoms with E-state index >= 15 is 0 Å². The molecular formula is C11H13FN2O2S. The summed E-state index contributed by atoms with van der Waals surface area (Å²) >= 11 is 0. The summed E-state index contributed by atoms with van der Waals surface area (Å²) in [6.45, 7) is 1.45. The molecule has 0 aliphatic rings. The predicted molar refractivity (Wildman–Crippen MR) is 62.0 cm³/mol. The molecule has 0 saturated heterocycles. The fourth-order valence-corrected chi connectivity index (χ4v) is 2.10. The van der Waals surface area contributed by atoms with E-state index in [-0.39, 0.29) is 17.9 Å². The summed E-state index contributed by atoms with van der Waals surface area (Å²) in [5, 5.41) is 8.69. The Labute approximate surface area is 100 Å². The maximum Gasteiger partial charge on any atom is 0.213 e. The second-order valence-electron chi connectivity index (χ2n) is 3.57. The minimum absolute atomic E-state index is 0.0386. The molecule has 0 saturated carbocycles. The molecule has 1 aromatic rings. The number of halogens is 1. The standard InChI is InChI=1S/C11H13FN2O2S/c1-3-17(15,16)14(2)8-10-6-9(7-13)4-5-11(10)12/h4-6H,3,8H2,1-2H3. The third-order valence-corrected chi connectivity index (χ3v) is 4.22. The van der Waals surface area contributed by atoms with Crippen LogP contribution in [0.4, 0.5) is 4.39 Å². The molecule has 0 fully saturated rings. The van der Waals surface area contributed by atoms with Crippen LogP contribution in [0.1, 0.15) is 18.1 Å². The van der Waals surface area contributed by atoms with Crippen molar-refractivity contribution < 1.29 is 12.8 Å². The van der Waals surface area contributed by atoms with Crippen LogP contribution < -0.4 is 0 Å². The molecule has 17 heavy (non-hydrogen) atoms. The van der Waals surface area contributed by atoms with Gasteiger partial charge in [0.1, 0.15) is 5.82 Å². The average Bonchev–Trinajstić information content (AvgIpc) is 2.31. The van der Waals surface area contributed by atoms with Gasteiger partial charge in [0.25, 0.3) is 0 Å². The summed E-state index contributed by atoms with van der Waals surface area (Å²) in [6, 6.07) is 5.77. The van der Waals surface area contributed by atoms with E-state index in [1.807, 2.05) is 6.07 Å². The highest BCUT2D eigenvalue weighted by atomic mass is 32.2. The summed E-state index contributed by atoms with van der Waals surface area (Å²) in [6.07, 6.45) is 0. The van der Waals surface area contributed by atoms with Crippen LogP contribution in [-0.2, 0) is 16.6 Å². The number of sulfonamides is 1. The normalized spacial score (nSPS) is 11.5. The Bertz CT molecular complexity index is 549. The van der Waals surface area contributed by atoms with Gasteiger partial charge in [0, 0.05) is 19.2 Å². The van der Waals surface area contributed by atoms with Crippen LogP contribution in [0.5, 0.6) is 0 Å². The highest BCUT2D eigenvalue weighted by Gasteiger charge is 2.17. The van der Waals surface area contributed by atoms with E-state index < -0.39 is 15.8 Å². The monoisotopic (exact) mass is 256 g/mol. The lowest BCUT2D eigenvalue weighted by Crippen LogP contribution is -2.28. The Kier molecular flexibility index (Phi) is 4.21. The summed E-state index contributed by atoms with van der Waals surface area (Å²) in [4.78, 5) is 0. The number of rotatable bonds is 4. The first-order chi connectivity index (χ1) is 7.90. The maximum absolute atomic E-state index is 13.4. The van der Waals surface area contributed by atoms with Crippen LogP contribution in [-0.4, -0.2) is 25.5 Å². The summed E-state index contributed by atoms with van der Waals surface area (Å²) in [5.74, 6) is -0.551. The predicted octanol–water partition coefficient (Wildman–Crippen LogP) is 1.48. The Morgan fingerprint density at radius 1 is 1.47 bits per heavy atom. The number of hydrogen-bond acceptors (Lipinski definition) is 3. The quantitative estimate of drug-likeness (QED) is 0.819. The Balaban J connectivity index is 3.00.